The molecule has 18 heavy (non-hydrogen) atoms. The van der Waals surface area contributed by atoms with Crippen LogP contribution in [-0.2, 0) is 4.79 Å². The molecule has 3 heteroatoms. The Morgan fingerprint density at radius 1 is 0.944 bits per heavy atom. The molecule has 6 atom stereocenters. The number of nitrogens with one attached hydrogen (secondary N) is 2. The molecular formula is C15H24N2O. The molecule has 0 amide bonds. The number of piperidine rings is 2. The van der Waals surface area contributed by atoms with Gasteiger partial charge in [-0.1, -0.05) is 12.8 Å². The third kappa shape index (κ3) is 1.53. The summed E-state index contributed by atoms with van der Waals surface area (Å²) in [6.45, 7) is 2.23. The van der Waals surface area contributed by atoms with Crippen LogP contribution < -0.4 is 10.6 Å². The molecular weight excluding hydrogens is 224 g/mol. The maximum atomic E-state index is 12.7. The lowest BCUT2D eigenvalue weighted by atomic mass is 9.56. The summed E-state index contributed by atoms with van der Waals surface area (Å²) in [5.74, 6) is 2.97. The van der Waals surface area contributed by atoms with E-state index in [9.17, 15) is 4.79 Å². The van der Waals surface area contributed by atoms with Crippen LogP contribution in [0.25, 0.3) is 0 Å². The van der Waals surface area contributed by atoms with E-state index >= 15 is 0 Å². The third-order valence-corrected chi connectivity index (χ3v) is 6.07. The normalized spacial score (nSPS) is 51.4. The fourth-order valence-corrected chi connectivity index (χ4v) is 5.33. The first-order valence-electron chi connectivity index (χ1n) is 7.87. The summed E-state index contributed by atoms with van der Waals surface area (Å²) in [6, 6.07) is 0.811. The molecule has 0 radical (unpaired) electrons. The van der Waals surface area contributed by atoms with E-state index in [4.69, 9.17) is 0 Å². The van der Waals surface area contributed by atoms with Gasteiger partial charge < -0.3 is 10.6 Å². The third-order valence-electron chi connectivity index (χ3n) is 6.07. The van der Waals surface area contributed by atoms with Crippen LogP contribution >= 0.6 is 0 Å². The fraction of sp³-hybridized carbons (Fsp3) is 0.933. The summed E-state index contributed by atoms with van der Waals surface area (Å²) in [6.07, 6.45) is 7.60. The van der Waals surface area contributed by atoms with E-state index < -0.39 is 0 Å². The van der Waals surface area contributed by atoms with Crippen LogP contribution in [0.15, 0.2) is 0 Å². The van der Waals surface area contributed by atoms with Crippen LogP contribution in [0.3, 0.4) is 0 Å². The number of carbonyl (C=O) groups excluding carboxylic acids is 1. The smallest absolute Gasteiger partial charge is 0.153 e. The summed E-state index contributed by atoms with van der Waals surface area (Å²) in [4.78, 5) is 12.7. The van der Waals surface area contributed by atoms with E-state index in [0.29, 0.717) is 29.6 Å². The Bertz CT molecular complexity index is 354. The molecule has 0 aromatic rings. The first-order chi connectivity index (χ1) is 8.86. The maximum absolute atomic E-state index is 12.7. The first-order valence-corrected chi connectivity index (χ1v) is 7.87. The van der Waals surface area contributed by atoms with Crippen molar-refractivity contribution < 1.29 is 4.79 Å². The van der Waals surface area contributed by atoms with Crippen LogP contribution in [0.4, 0.5) is 0 Å². The van der Waals surface area contributed by atoms with Crippen LogP contribution in [-0.4, -0.2) is 31.0 Å². The highest BCUT2D eigenvalue weighted by molar-refractivity contribution is 5.88. The lowest BCUT2D eigenvalue weighted by Crippen LogP contribution is -2.68. The molecule has 3 nitrogen and oxygen atoms in total. The zero-order valence-electron chi connectivity index (χ0n) is 11.0. The molecule has 2 heterocycles. The SMILES string of the molecule is O=C1C2CCCCC2C2NCCC3CCNC1C32. The number of ketones is 1. The monoisotopic (exact) mass is 248 g/mol. The van der Waals surface area contributed by atoms with Gasteiger partial charge in [0, 0.05) is 12.0 Å². The van der Waals surface area contributed by atoms with Crippen molar-refractivity contribution in [2.24, 2.45) is 23.7 Å². The average Bonchev–Trinajstić information content (AvgIpc) is 2.44. The van der Waals surface area contributed by atoms with Gasteiger partial charge in [-0.3, -0.25) is 4.79 Å². The zero-order chi connectivity index (χ0) is 12.1. The van der Waals surface area contributed by atoms with Gasteiger partial charge in [0.15, 0.2) is 5.78 Å². The molecule has 2 N–H and O–H groups in total. The summed E-state index contributed by atoms with van der Waals surface area (Å²) < 4.78 is 0. The van der Waals surface area contributed by atoms with E-state index in [1.54, 1.807) is 0 Å². The molecule has 100 valence electrons. The Hall–Kier alpha value is -0.410. The van der Waals surface area contributed by atoms with Crippen LogP contribution in [0.2, 0.25) is 0 Å². The first kappa shape index (κ1) is 11.4. The van der Waals surface area contributed by atoms with Gasteiger partial charge in [-0.25, -0.2) is 0 Å². The van der Waals surface area contributed by atoms with Gasteiger partial charge in [0.2, 0.25) is 0 Å². The second-order valence-corrected chi connectivity index (χ2v) is 6.78. The van der Waals surface area contributed by atoms with Crippen molar-refractivity contribution in [2.75, 3.05) is 13.1 Å². The van der Waals surface area contributed by atoms with Gasteiger partial charge >= 0.3 is 0 Å². The van der Waals surface area contributed by atoms with Crippen molar-refractivity contribution in [2.45, 2.75) is 50.6 Å². The summed E-state index contributed by atoms with van der Waals surface area (Å²) in [7, 11) is 0. The van der Waals surface area contributed by atoms with Crippen molar-refractivity contribution in [3.63, 3.8) is 0 Å². The second kappa shape index (κ2) is 4.31. The van der Waals surface area contributed by atoms with E-state index in [2.05, 4.69) is 10.6 Å². The minimum atomic E-state index is 0.181. The Kier molecular flexibility index (Phi) is 2.73. The van der Waals surface area contributed by atoms with Crippen LogP contribution in [0.5, 0.6) is 0 Å². The van der Waals surface area contributed by atoms with Crippen molar-refractivity contribution in [1.82, 2.24) is 10.6 Å². The summed E-state index contributed by atoms with van der Waals surface area (Å²) >= 11 is 0. The van der Waals surface area contributed by atoms with Gasteiger partial charge in [-0.2, -0.15) is 0 Å². The molecule has 0 aromatic heterocycles. The lowest BCUT2D eigenvalue weighted by Gasteiger charge is -2.55. The largest absolute Gasteiger partial charge is 0.313 e. The van der Waals surface area contributed by atoms with Crippen LogP contribution in [0.1, 0.15) is 38.5 Å². The van der Waals surface area contributed by atoms with E-state index in [1.165, 1.54) is 38.6 Å². The number of hydrogen-bond donors (Lipinski definition) is 2. The number of hydrogen-bond acceptors (Lipinski definition) is 3. The molecule has 0 aromatic carbocycles. The molecule has 2 saturated carbocycles. The molecule has 4 rings (SSSR count). The van der Waals surface area contributed by atoms with Gasteiger partial charge in [0.25, 0.3) is 0 Å². The predicted octanol–water partition coefficient (Wildman–Crippen LogP) is 1.33. The Morgan fingerprint density at radius 3 is 2.61 bits per heavy atom. The number of Topliss-reactive ketones (excluding diaryl/α,β-unsaturated/α-hetero) is 1. The molecule has 0 spiro atoms. The number of rotatable bonds is 0. The van der Waals surface area contributed by atoms with E-state index in [1.807, 2.05) is 0 Å². The average molecular weight is 248 g/mol. The predicted molar refractivity (Wildman–Crippen MR) is 70.3 cm³/mol. The lowest BCUT2D eigenvalue weighted by molar-refractivity contribution is -0.139. The number of fused-ring (bicyclic) bond motifs is 2. The summed E-state index contributed by atoms with van der Waals surface area (Å²) in [5, 5.41) is 7.32. The maximum Gasteiger partial charge on any atom is 0.153 e. The zero-order valence-corrected chi connectivity index (χ0v) is 11.0. The van der Waals surface area contributed by atoms with Crippen molar-refractivity contribution in [3.05, 3.63) is 0 Å². The van der Waals surface area contributed by atoms with E-state index in [0.717, 1.165) is 18.9 Å². The molecule has 4 fully saturated rings. The van der Waals surface area contributed by atoms with Crippen LogP contribution in [0, 0.1) is 23.7 Å². The Morgan fingerprint density at radius 2 is 1.72 bits per heavy atom. The summed E-state index contributed by atoms with van der Waals surface area (Å²) in [5.41, 5.74) is 0. The van der Waals surface area contributed by atoms with Crippen molar-refractivity contribution in [3.8, 4) is 0 Å². The van der Waals surface area contributed by atoms with Crippen molar-refractivity contribution in [1.29, 1.82) is 0 Å². The standard InChI is InChI=1S/C15H24N2O/c18-15-11-4-2-1-3-10(11)13-12-9(5-7-16-13)6-8-17-14(12)15/h9-14,16-17H,1-8H2. The fourth-order valence-electron chi connectivity index (χ4n) is 5.33. The van der Waals surface area contributed by atoms with Crippen molar-refractivity contribution >= 4 is 5.78 Å². The topological polar surface area (TPSA) is 41.1 Å². The molecule has 2 aliphatic carbocycles. The molecule has 0 bridgehead atoms. The highest BCUT2D eigenvalue weighted by Crippen LogP contribution is 2.47. The van der Waals surface area contributed by atoms with Gasteiger partial charge in [-0.05, 0) is 56.5 Å². The quantitative estimate of drug-likeness (QED) is 0.679. The molecule has 4 aliphatic rings. The Labute approximate surface area is 109 Å². The molecule has 6 unspecified atom stereocenters. The highest BCUT2D eigenvalue weighted by Gasteiger charge is 2.54. The minimum absolute atomic E-state index is 0.181. The highest BCUT2D eigenvalue weighted by atomic mass is 16.1. The molecule has 2 aliphatic heterocycles. The Balaban J connectivity index is 1.69. The van der Waals surface area contributed by atoms with Gasteiger partial charge in [-0.15, -0.1) is 0 Å². The van der Waals surface area contributed by atoms with Gasteiger partial charge in [0.1, 0.15) is 0 Å². The number of carbonyl (C=O) groups is 1. The van der Waals surface area contributed by atoms with E-state index in [-0.39, 0.29) is 6.04 Å². The second-order valence-electron chi connectivity index (χ2n) is 6.78. The molecule has 2 saturated heterocycles. The minimum Gasteiger partial charge on any atom is -0.313 e. The van der Waals surface area contributed by atoms with Gasteiger partial charge in [0.05, 0.1) is 6.04 Å².